The third-order valence-electron chi connectivity index (χ3n) is 3.16. The molecule has 0 aromatic rings. The van der Waals surface area contributed by atoms with E-state index in [-0.39, 0.29) is 6.54 Å². The monoisotopic (exact) mass is 288 g/mol. The van der Waals surface area contributed by atoms with Gasteiger partial charge in [-0.1, -0.05) is 0 Å². The van der Waals surface area contributed by atoms with E-state index in [1.165, 1.54) is 0 Å². The van der Waals surface area contributed by atoms with Gasteiger partial charge in [-0.15, -0.1) is 0 Å². The van der Waals surface area contributed by atoms with Gasteiger partial charge in [0.1, 0.15) is 11.6 Å². The van der Waals surface area contributed by atoms with Gasteiger partial charge < -0.3 is 20.3 Å². The van der Waals surface area contributed by atoms with E-state index in [1.807, 2.05) is 0 Å². The maximum Gasteiger partial charge on any atom is 0.407 e. The second kappa shape index (κ2) is 6.41. The Balaban J connectivity index is 2.38. The number of carbonyl (C=O) groups excluding carboxylic acids is 1. The van der Waals surface area contributed by atoms with E-state index in [0.29, 0.717) is 13.0 Å². The highest BCUT2D eigenvalue weighted by Gasteiger charge is 2.36. The number of aliphatic hydroxyl groups is 1. The normalized spacial score (nSPS) is 22.6. The van der Waals surface area contributed by atoms with Gasteiger partial charge in [0.05, 0.1) is 12.1 Å². The zero-order chi connectivity index (χ0) is 15.5. The number of likely N-dealkylation sites (tertiary alicyclic amines) is 1. The second-order valence-corrected chi connectivity index (χ2v) is 6.14. The summed E-state index contributed by atoms with van der Waals surface area (Å²) >= 11 is 0. The number of ether oxygens (including phenoxy) is 1. The molecule has 1 amide bonds. The smallest absolute Gasteiger partial charge is 0.407 e. The fraction of sp³-hybridized carbons (Fsp3) is 0.846. The summed E-state index contributed by atoms with van der Waals surface area (Å²) in [7, 11) is 0. The van der Waals surface area contributed by atoms with Crippen molar-refractivity contribution in [2.24, 2.45) is 0 Å². The fourth-order valence-electron chi connectivity index (χ4n) is 1.93. The van der Waals surface area contributed by atoms with Crippen molar-refractivity contribution in [1.29, 1.82) is 0 Å². The molecule has 3 atom stereocenters. The molecule has 0 aliphatic carbocycles. The molecule has 7 nitrogen and oxygen atoms in total. The first-order valence-electron chi connectivity index (χ1n) is 6.74. The lowest BCUT2D eigenvalue weighted by molar-refractivity contribution is -0.149. The Morgan fingerprint density at radius 1 is 1.45 bits per heavy atom. The van der Waals surface area contributed by atoms with Crippen LogP contribution >= 0.6 is 0 Å². The predicted molar refractivity (Wildman–Crippen MR) is 72.5 cm³/mol. The van der Waals surface area contributed by atoms with E-state index in [0.717, 1.165) is 0 Å². The van der Waals surface area contributed by atoms with Crippen LogP contribution in [0.15, 0.2) is 0 Å². The van der Waals surface area contributed by atoms with Gasteiger partial charge in [-0.05, 0) is 34.1 Å². The molecule has 1 fully saturated rings. The Morgan fingerprint density at radius 2 is 2.05 bits per heavy atom. The number of nitrogens with one attached hydrogen (secondary N) is 1. The Labute approximate surface area is 118 Å². The summed E-state index contributed by atoms with van der Waals surface area (Å²) in [4.78, 5) is 24.1. The summed E-state index contributed by atoms with van der Waals surface area (Å²) in [5.41, 5.74) is -0.597. The quantitative estimate of drug-likeness (QED) is 0.678. The topological polar surface area (TPSA) is 99.1 Å². The maximum absolute atomic E-state index is 11.6. The molecule has 1 unspecified atom stereocenters. The van der Waals surface area contributed by atoms with E-state index < -0.39 is 35.9 Å². The van der Waals surface area contributed by atoms with E-state index in [1.54, 1.807) is 32.6 Å². The first-order chi connectivity index (χ1) is 9.10. The molecule has 20 heavy (non-hydrogen) atoms. The molecule has 1 aliphatic heterocycles. The largest absolute Gasteiger partial charge is 0.480 e. The number of aliphatic carboxylic acids is 1. The van der Waals surface area contributed by atoms with Crippen LogP contribution in [0.5, 0.6) is 0 Å². The van der Waals surface area contributed by atoms with Crippen LogP contribution in [0.25, 0.3) is 0 Å². The summed E-state index contributed by atoms with van der Waals surface area (Å²) in [6.45, 7) is 7.78. The first-order valence-corrected chi connectivity index (χ1v) is 6.74. The highest BCUT2D eigenvalue weighted by molar-refractivity contribution is 5.74. The number of nitrogens with zero attached hydrogens (tertiary/aromatic N) is 1. The molecule has 0 spiro atoms. The molecule has 0 saturated carbocycles. The number of hydrogen-bond donors (Lipinski definition) is 3. The molecule has 0 radical (unpaired) electrons. The number of β-amino-alcohol motifs (C(OH)–C–C–N with tert-alkyl or cyclic N) is 1. The van der Waals surface area contributed by atoms with Crippen LogP contribution in [0.2, 0.25) is 0 Å². The van der Waals surface area contributed by atoms with E-state index in [2.05, 4.69) is 5.32 Å². The number of carboxylic acids is 1. The predicted octanol–water partition coefficient (Wildman–Crippen LogP) is 0.419. The van der Waals surface area contributed by atoms with Crippen molar-refractivity contribution in [3.05, 3.63) is 0 Å². The van der Waals surface area contributed by atoms with Crippen LogP contribution in [0, 0.1) is 0 Å². The van der Waals surface area contributed by atoms with Gasteiger partial charge in [0.2, 0.25) is 0 Å². The van der Waals surface area contributed by atoms with Crippen LogP contribution in [0.1, 0.15) is 34.1 Å². The molecule has 3 N–H and O–H groups in total. The zero-order valence-corrected chi connectivity index (χ0v) is 12.4. The summed E-state index contributed by atoms with van der Waals surface area (Å²) in [6, 6.07) is -1.04. The van der Waals surface area contributed by atoms with Gasteiger partial charge in [-0.25, -0.2) is 4.79 Å². The lowest BCUT2D eigenvalue weighted by Gasteiger charge is -2.40. The van der Waals surface area contributed by atoms with Gasteiger partial charge >= 0.3 is 12.1 Å². The number of hydrogen-bond acceptors (Lipinski definition) is 5. The van der Waals surface area contributed by atoms with E-state index in [4.69, 9.17) is 9.84 Å². The van der Waals surface area contributed by atoms with Crippen LogP contribution in [-0.4, -0.2) is 64.1 Å². The maximum atomic E-state index is 11.6. The van der Waals surface area contributed by atoms with Crippen molar-refractivity contribution in [2.45, 2.75) is 57.9 Å². The van der Waals surface area contributed by atoms with Crippen molar-refractivity contribution in [1.82, 2.24) is 10.2 Å². The van der Waals surface area contributed by atoms with Crippen LogP contribution < -0.4 is 5.32 Å². The zero-order valence-electron chi connectivity index (χ0n) is 12.4. The Hall–Kier alpha value is -1.34. The number of carboxylic acid groups (broad SMARTS) is 1. The molecule has 116 valence electrons. The van der Waals surface area contributed by atoms with Crippen LogP contribution in [0.3, 0.4) is 0 Å². The van der Waals surface area contributed by atoms with E-state index >= 15 is 0 Å². The molecular weight excluding hydrogens is 264 g/mol. The fourth-order valence-corrected chi connectivity index (χ4v) is 1.93. The van der Waals surface area contributed by atoms with Gasteiger partial charge in [0.25, 0.3) is 0 Å². The van der Waals surface area contributed by atoms with Crippen LogP contribution in [0.4, 0.5) is 4.79 Å². The molecule has 0 aromatic carbocycles. The minimum absolute atomic E-state index is 0.216. The molecular formula is C13H24N2O5. The highest BCUT2D eigenvalue weighted by atomic mass is 16.6. The molecule has 1 aliphatic rings. The highest BCUT2D eigenvalue weighted by Crippen LogP contribution is 2.18. The van der Waals surface area contributed by atoms with Crippen LogP contribution in [-0.2, 0) is 9.53 Å². The Bertz CT molecular complexity index is 366. The molecule has 1 heterocycles. The van der Waals surface area contributed by atoms with Crippen molar-refractivity contribution in [3.63, 3.8) is 0 Å². The van der Waals surface area contributed by atoms with Crippen molar-refractivity contribution >= 4 is 12.1 Å². The molecule has 1 rings (SSSR count). The molecule has 0 aromatic heterocycles. The summed E-state index contributed by atoms with van der Waals surface area (Å²) in [5.74, 6) is -0.879. The minimum atomic E-state index is -0.879. The van der Waals surface area contributed by atoms with Gasteiger partial charge in [0.15, 0.2) is 0 Å². The number of rotatable bonds is 5. The second-order valence-electron chi connectivity index (χ2n) is 6.14. The number of amides is 1. The molecule has 7 heteroatoms. The van der Waals surface area contributed by atoms with Crippen molar-refractivity contribution in [2.75, 3.05) is 13.1 Å². The molecule has 0 bridgehead atoms. The Kier molecular flexibility index (Phi) is 5.35. The number of carbonyl (C=O) groups is 2. The average molecular weight is 288 g/mol. The van der Waals surface area contributed by atoms with Crippen molar-refractivity contribution < 1.29 is 24.5 Å². The number of alkyl carbamates (subject to hydrolysis) is 1. The van der Waals surface area contributed by atoms with Crippen molar-refractivity contribution in [3.8, 4) is 0 Å². The van der Waals surface area contributed by atoms with Gasteiger partial charge in [0, 0.05) is 13.1 Å². The summed E-state index contributed by atoms with van der Waals surface area (Å²) in [5, 5.41) is 21.5. The lowest BCUT2D eigenvalue weighted by Crippen LogP contribution is -2.57. The summed E-state index contributed by atoms with van der Waals surface area (Å²) < 4.78 is 5.09. The third kappa shape index (κ3) is 4.97. The average Bonchev–Trinajstić information content (AvgIpc) is 2.19. The van der Waals surface area contributed by atoms with Gasteiger partial charge in [-0.2, -0.15) is 0 Å². The minimum Gasteiger partial charge on any atom is -0.480 e. The van der Waals surface area contributed by atoms with Gasteiger partial charge in [-0.3, -0.25) is 9.69 Å². The Morgan fingerprint density at radius 3 is 2.45 bits per heavy atom. The van der Waals surface area contributed by atoms with E-state index in [9.17, 15) is 14.7 Å². The first kappa shape index (κ1) is 16.7. The lowest BCUT2D eigenvalue weighted by atomic mass is 10.0. The third-order valence-corrected chi connectivity index (χ3v) is 3.16. The SMILES string of the molecule is C[C@@H](NC(=O)OC(C)(C)C)C(O)CN1CC[C@H]1C(=O)O. The summed E-state index contributed by atoms with van der Waals surface area (Å²) in [6.07, 6.45) is -0.845. The number of aliphatic hydroxyl groups excluding tert-OH is 1. The standard InChI is InChI=1S/C13H24N2O5/c1-8(14-12(19)20-13(2,3)4)10(16)7-15-6-5-9(15)11(17)18/h8-10,16H,5-7H2,1-4H3,(H,14,19)(H,17,18)/t8-,9+,10?/m1/s1. The molecule has 1 saturated heterocycles.